The summed E-state index contributed by atoms with van der Waals surface area (Å²) in [7, 11) is -4.62. The lowest BCUT2D eigenvalue weighted by Crippen LogP contribution is -2.70. The first-order chi connectivity index (χ1) is 11.5. The zero-order valence-corrected chi connectivity index (χ0v) is 15.5. The van der Waals surface area contributed by atoms with Gasteiger partial charge in [0.1, 0.15) is 11.5 Å². The predicted octanol–water partition coefficient (Wildman–Crippen LogP) is 2.78. The molecule has 1 aromatic carbocycles. The van der Waals surface area contributed by atoms with Crippen molar-refractivity contribution in [2.45, 2.75) is 17.9 Å². The molecule has 0 aliphatic carbocycles. The Labute approximate surface area is 156 Å². The smallest absolute Gasteiger partial charge is 0.421 e. The molecule has 0 heterocycles. The molecule has 0 aliphatic rings. The Morgan fingerprint density at radius 1 is 1.19 bits per heavy atom. The van der Waals surface area contributed by atoms with Crippen LogP contribution in [-0.2, 0) is 10.1 Å². The van der Waals surface area contributed by atoms with Gasteiger partial charge in [0.25, 0.3) is 16.0 Å². The average molecular weight is 521 g/mol. The van der Waals surface area contributed by atoms with Crippen LogP contribution in [0.25, 0.3) is 0 Å². The van der Waals surface area contributed by atoms with Crippen LogP contribution in [-0.4, -0.2) is 49.6 Å². The lowest BCUT2D eigenvalue weighted by Gasteiger charge is -2.36. The summed E-state index contributed by atoms with van der Waals surface area (Å²) in [6, 6.07) is 2.99. The van der Waals surface area contributed by atoms with Gasteiger partial charge < -0.3 is 10.1 Å². The SMILES string of the molecule is COc1cc(C(=O)NC(CS(=O)(=O)O)(C(F)(F)F)C(F)(F)F)ccc1I. The number of hydrogen-bond donors (Lipinski definition) is 2. The number of ether oxygens (including phenoxy) is 1. The van der Waals surface area contributed by atoms with Crippen LogP contribution < -0.4 is 10.1 Å². The second-order valence-corrected chi connectivity index (χ2v) is 7.55. The van der Waals surface area contributed by atoms with Gasteiger partial charge in [-0.1, -0.05) is 0 Å². The summed E-state index contributed by atoms with van der Waals surface area (Å²) in [4.78, 5) is 12.0. The van der Waals surface area contributed by atoms with Gasteiger partial charge >= 0.3 is 12.4 Å². The standard InChI is InChI=1S/C12H10F6INO5S/c1-25-8-4-6(2-3-7(8)19)9(21)20-10(11(13,14)15,12(16,17)18)5-26(22,23)24/h2-4H,5H2,1H3,(H,20,21)(H,22,23,24). The minimum atomic E-state index is -6.27. The highest BCUT2D eigenvalue weighted by Crippen LogP contribution is 2.44. The number of hydrogen-bond acceptors (Lipinski definition) is 4. The van der Waals surface area contributed by atoms with Gasteiger partial charge in [-0.25, -0.2) is 0 Å². The second-order valence-electron chi connectivity index (χ2n) is 4.93. The maximum Gasteiger partial charge on any atom is 0.421 e. The largest absolute Gasteiger partial charge is 0.496 e. The highest BCUT2D eigenvalue weighted by atomic mass is 127. The lowest BCUT2D eigenvalue weighted by atomic mass is 9.99. The summed E-state index contributed by atoms with van der Waals surface area (Å²) in [5.74, 6) is -4.70. The van der Waals surface area contributed by atoms with E-state index >= 15 is 0 Å². The first-order valence-electron chi connectivity index (χ1n) is 6.29. The second kappa shape index (κ2) is 7.38. The molecule has 0 spiro atoms. The number of halogens is 7. The highest BCUT2D eigenvalue weighted by Gasteiger charge is 2.73. The molecule has 0 bridgehead atoms. The van der Waals surface area contributed by atoms with Crippen LogP contribution in [0.2, 0.25) is 0 Å². The number of alkyl halides is 6. The van der Waals surface area contributed by atoms with Crippen molar-refractivity contribution in [2.24, 2.45) is 0 Å². The van der Waals surface area contributed by atoms with E-state index in [1.807, 2.05) is 0 Å². The number of amides is 1. The molecule has 0 unspecified atom stereocenters. The van der Waals surface area contributed by atoms with Crippen molar-refractivity contribution in [1.29, 1.82) is 0 Å². The first kappa shape index (κ1) is 22.8. The minimum Gasteiger partial charge on any atom is -0.496 e. The molecule has 1 rings (SSSR count). The highest BCUT2D eigenvalue weighted by molar-refractivity contribution is 14.1. The molecule has 148 valence electrons. The van der Waals surface area contributed by atoms with Crippen LogP contribution in [0, 0.1) is 3.57 Å². The Kier molecular flexibility index (Phi) is 6.46. The maximum absolute atomic E-state index is 13.2. The molecule has 0 radical (unpaired) electrons. The number of methoxy groups -OCH3 is 1. The topological polar surface area (TPSA) is 92.7 Å². The molecule has 0 saturated carbocycles. The molecule has 14 heteroatoms. The quantitative estimate of drug-likeness (QED) is 0.354. The summed E-state index contributed by atoms with van der Waals surface area (Å²) in [5.41, 5.74) is -5.85. The molecule has 1 amide bonds. The number of rotatable bonds is 5. The van der Waals surface area contributed by atoms with Crippen LogP contribution >= 0.6 is 22.6 Å². The van der Waals surface area contributed by atoms with Gasteiger partial charge in [0.15, 0.2) is 0 Å². The van der Waals surface area contributed by atoms with Gasteiger partial charge in [-0.15, -0.1) is 0 Å². The van der Waals surface area contributed by atoms with Gasteiger partial charge in [0.2, 0.25) is 5.54 Å². The van der Waals surface area contributed by atoms with Crippen molar-refractivity contribution in [3.8, 4) is 5.75 Å². The Morgan fingerprint density at radius 2 is 1.69 bits per heavy atom. The third-order valence-electron chi connectivity index (χ3n) is 3.11. The molecular weight excluding hydrogens is 511 g/mol. The summed E-state index contributed by atoms with van der Waals surface area (Å²) >= 11 is 1.74. The van der Waals surface area contributed by atoms with Crippen LogP contribution in [0.15, 0.2) is 18.2 Å². The Hall–Kier alpha value is -1.29. The van der Waals surface area contributed by atoms with Crippen LogP contribution in [0.5, 0.6) is 5.75 Å². The molecule has 0 aromatic heterocycles. The molecule has 0 saturated heterocycles. The Morgan fingerprint density at radius 3 is 2.08 bits per heavy atom. The van der Waals surface area contributed by atoms with Crippen molar-refractivity contribution in [1.82, 2.24) is 5.32 Å². The molecule has 2 N–H and O–H groups in total. The van der Waals surface area contributed by atoms with Crippen LogP contribution in [0.3, 0.4) is 0 Å². The van der Waals surface area contributed by atoms with Crippen molar-refractivity contribution in [3.05, 3.63) is 27.3 Å². The normalized spacial score (nSPS) is 13.4. The van der Waals surface area contributed by atoms with E-state index in [0.717, 1.165) is 19.2 Å². The van der Waals surface area contributed by atoms with Crippen molar-refractivity contribution >= 4 is 38.6 Å². The fraction of sp³-hybridized carbons (Fsp3) is 0.417. The van der Waals surface area contributed by atoms with E-state index < -0.39 is 45.2 Å². The fourth-order valence-electron chi connectivity index (χ4n) is 1.84. The van der Waals surface area contributed by atoms with E-state index in [-0.39, 0.29) is 5.75 Å². The molecule has 1 aromatic rings. The minimum absolute atomic E-state index is 0.00218. The molecule has 26 heavy (non-hydrogen) atoms. The summed E-state index contributed by atoms with van der Waals surface area (Å²) < 4.78 is 114. The molecular formula is C12H10F6INO5S. The van der Waals surface area contributed by atoms with E-state index in [1.54, 1.807) is 22.6 Å². The van der Waals surface area contributed by atoms with E-state index in [1.165, 1.54) is 6.07 Å². The van der Waals surface area contributed by atoms with Crippen molar-refractivity contribution in [3.63, 3.8) is 0 Å². The van der Waals surface area contributed by atoms with Crippen LogP contribution in [0.1, 0.15) is 10.4 Å². The van der Waals surface area contributed by atoms with Gasteiger partial charge in [-0.3, -0.25) is 9.35 Å². The number of carbonyl (C=O) groups is 1. The van der Waals surface area contributed by atoms with Gasteiger partial charge in [0, 0.05) is 5.56 Å². The van der Waals surface area contributed by atoms with E-state index in [4.69, 9.17) is 9.29 Å². The Bertz CT molecular complexity index is 778. The Balaban J connectivity index is 3.48. The molecule has 0 atom stereocenters. The number of nitrogens with one attached hydrogen (secondary N) is 1. The van der Waals surface area contributed by atoms with E-state index in [0.29, 0.717) is 8.89 Å². The maximum atomic E-state index is 13.2. The number of carbonyl (C=O) groups excluding carboxylic acids is 1. The molecule has 0 aliphatic heterocycles. The van der Waals surface area contributed by atoms with Crippen LogP contribution in [0.4, 0.5) is 26.3 Å². The fourth-order valence-corrected chi connectivity index (χ4v) is 3.35. The van der Waals surface area contributed by atoms with Gasteiger partial charge in [0.05, 0.1) is 10.7 Å². The lowest BCUT2D eigenvalue weighted by molar-refractivity contribution is -0.296. The monoisotopic (exact) mass is 521 g/mol. The van der Waals surface area contributed by atoms with Crippen molar-refractivity contribution in [2.75, 3.05) is 12.9 Å². The average Bonchev–Trinajstić information content (AvgIpc) is 2.43. The van der Waals surface area contributed by atoms with Gasteiger partial charge in [-0.05, 0) is 40.8 Å². The zero-order valence-electron chi connectivity index (χ0n) is 12.6. The van der Waals surface area contributed by atoms with E-state index in [9.17, 15) is 39.6 Å². The molecule has 0 fully saturated rings. The van der Waals surface area contributed by atoms with Crippen molar-refractivity contribution < 1.29 is 48.8 Å². The summed E-state index contributed by atoms with van der Waals surface area (Å²) in [5, 5.41) is 0.668. The summed E-state index contributed by atoms with van der Waals surface area (Å²) in [6.45, 7) is 0. The number of benzene rings is 1. The zero-order chi connectivity index (χ0) is 20.6. The predicted molar refractivity (Wildman–Crippen MR) is 84.4 cm³/mol. The van der Waals surface area contributed by atoms with E-state index in [2.05, 4.69) is 0 Å². The third-order valence-corrected chi connectivity index (χ3v) is 4.80. The third kappa shape index (κ3) is 4.91. The summed E-state index contributed by atoms with van der Waals surface area (Å²) in [6.07, 6.45) is -12.5. The molecule has 6 nitrogen and oxygen atoms in total. The first-order valence-corrected chi connectivity index (χ1v) is 8.97. The van der Waals surface area contributed by atoms with Gasteiger partial charge in [-0.2, -0.15) is 34.8 Å².